The number of ether oxygens (including phenoxy) is 1. The van der Waals surface area contributed by atoms with Gasteiger partial charge in [-0.25, -0.2) is 22.8 Å². The van der Waals surface area contributed by atoms with Gasteiger partial charge >= 0.3 is 0 Å². The van der Waals surface area contributed by atoms with Crippen molar-refractivity contribution in [3.63, 3.8) is 0 Å². The van der Waals surface area contributed by atoms with Gasteiger partial charge in [-0.05, 0) is 62.4 Å². The number of thioether (sulfide) groups is 1. The number of hydrogen-bond acceptors (Lipinski definition) is 7. The second kappa shape index (κ2) is 9.96. The summed E-state index contributed by atoms with van der Waals surface area (Å²) in [6, 6.07) is 10.8. The molecule has 0 aliphatic carbocycles. The Morgan fingerprint density at radius 3 is 2.34 bits per heavy atom. The lowest BCUT2D eigenvalue weighted by molar-refractivity contribution is -0.113. The van der Waals surface area contributed by atoms with Crippen molar-refractivity contribution < 1.29 is 22.3 Å². The lowest BCUT2D eigenvalue weighted by atomic mass is 10.2. The van der Waals surface area contributed by atoms with E-state index in [9.17, 15) is 17.6 Å². The number of amides is 1. The number of anilines is 2. The normalized spacial score (nSPS) is 11.1. The molecule has 3 rings (SSSR count). The highest BCUT2D eigenvalue weighted by atomic mass is 32.2. The number of aryl methyl sites for hydroxylation is 2. The molecule has 1 heterocycles. The number of carbonyl (C=O) groups is 1. The lowest BCUT2D eigenvalue weighted by Crippen LogP contribution is -2.16. The molecule has 3 aromatic rings. The Morgan fingerprint density at radius 1 is 1.06 bits per heavy atom. The minimum absolute atomic E-state index is 0.0750. The van der Waals surface area contributed by atoms with Crippen molar-refractivity contribution in [2.75, 3.05) is 22.9 Å². The highest BCUT2D eigenvalue weighted by Gasteiger charge is 2.17. The van der Waals surface area contributed by atoms with Gasteiger partial charge in [0.2, 0.25) is 5.91 Å². The maximum absolute atomic E-state index is 13.1. The van der Waals surface area contributed by atoms with Crippen LogP contribution in [0.1, 0.15) is 11.4 Å². The second-order valence-corrected chi connectivity index (χ2v) is 9.37. The minimum atomic E-state index is -3.99. The van der Waals surface area contributed by atoms with Crippen molar-refractivity contribution in [3.05, 3.63) is 65.7 Å². The Hall–Kier alpha value is -3.18. The predicted molar refractivity (Wildman–Crippen MR) is 121 cm³/mol. The Labute approximate surface area is 189 Å². The van der Waals surface area contributed by atoms with Gasteiger partial charge in [-0.15, -0.1) is 0 Å². The van der Waals surface area contributed by atoms with Crippen LogP contribution >= 0.6 is 11.8 Å². The van der Waals surface area contributed by atoms with Crippen molar-refractivity contribution >= 4 is 39.1 Å². The maximum atomic E-state index is 13.1. The number of carbonyl (C=O) groups excluding carboxylic acids is 1. The summed E-state index contributed by atoms with van der Waals surface area (Å²) in [5.41, 5.74) is 2.12. The first-order chi connectivity index (χ1) is 15.2. The van der Waals surface area contributed by atoms with Crippen molar-refractivity contribution in [3.8, 4) is 5.75 Å². The first-order valence-corrected chi connectivity index (χ1v) is 11.8. The third-order valence-electron chi connectivity index (χ3n) is 4.15. The van der Waals surface area contributed by atoms with E-state index in [0.717, 1.165) is 35.7 Å². The maximum Gasteiger partial charge on any atom is 0.262 e. The van der Waals surface area contributed by atoms with Crippen LogP contribution in [-0.4, -0.2) is 37.2 Å². The average molecular weight is 477 g/mol. The SMILES string of the molecule is COc1ccc(NC(=O)CSc2nc(C)cc(C)n2)cc1NS(=O)(=O)c1ccc(F)cc1. The molecule has 0 unspecified atom stereocenters. The zero-order valence-electron chi connectivity index (χ0n) is 17.5. The second-order valence-electron chi connectivity index (χ2n) is 6.74. The fraction of sp³-hybridized carbons (Fsp3) is 0.190. The molecule has 32 heavy (non-hydrogen) atoms. The number of nitrogens with one attached hydrogen (secondary N) is 2. The highest BCUT2D eigenvalue weighted by Crippen LogP contribution is 2.30. The molecule has 1 aromatic heterocycles. The van der Waals surface area contributed by atoms with Gasteiger partial charge in [-0.3, -0.25) is 9.52 Å². The molecule has 0 saturated carbocycles. The molecule has 11 heteroatoms. The summed E-state index contributed by atoms with van der Waals surface area (Å²) in [4.78, 5) is 20.8. The van der Waals surface area contributed by atoms with Gasteiger partial charge in [0.1, 0.15) is 11.6 Å². The lowest BCUT2D eigenvalue weighted by Gasteiger charge is -2.14. The van der Waals surface area contributed by atoms with E-state index in [1.54, 1.807) is 6.07 Å². The van der Waals surface area contributed by atoms with Crippen LogP contribution in [0.15, 0.2) is 58.6 Å². The molecule has 2 N–H and O–H groups in total. The Bertz CT molecular complexity index is 1210. The van der Waals surface area contributed by atoms with E-state index in [0.29, 0.717) is 10.8 Å². The quantitative estimate of drug-likeness (QED) is 0.376. The Morgan fingerprint density at radius 2 is 1.72 bits per heavy atom. The summed E-state index contributed by atoms with van der Waals surface area (Å²) in [6.45, 7) is 3.70. The Kier molecular flexibility index (Phi) is 7.31. The molecular formula is C21H21FN4O4S2. The summed E-state index contributed by atoms with van der Waals surface area (Å²) < 4.78 is 46.0. The van der Waals surface area contributed by atoms with Crippen LogP contribution in [0.3, 0.4) is 0 Å². The number of rotatable bonds is 8. The van der Waals surface area contributed by atoms with E-state index in [4.69, 9.17) is 4.74 Å². The topological polar surface area (TPSA) is 110 Å². The van der Waals surface area contributed by atoms with E-state index in [2.05, 4.69) is 20.0 Å². The monoisotopic (exact) mass is 476 g/mol. The predicted octanol–water partition coefficient (Wildman–Crippen LogP) is 3.77. The summed E-state index contributed by atoms with van der Waals surface area (Å²) in [5.74, 6) is -0.525. The molecule has 2 aromatic carbocycles. The number of sulfonamides is 1. The van der Waals surface area contributed by atoms with Crippen LogP contribution in [0.2, 0.25) is 0 Å². The van der Waals surface area contributed by atoms with Crippen LogP contribution in [0.25, 0.3) is 0 Å². The van der Waals surface area contributed by atoms with Gasteiger partial charge in [0.05, 0.1) is 23.4 Å². The molecule has 168 valence electrons. The molecular weight excluding hydrogens is 455 g/mol. The molecule has 1 amide bonds. The third-order valence-corrected chi connectivity index (χ3v) is 6.37. The Balaban J connectivity index is 1.72. The van der Waals surface area contributed by atoms with Crippen molar-refractivity contribution in [2.24, 2.45) is 0 Å². The zero-order chi connectivity index (χ0) is 23.3. The fourth-order valence-electron chi connectivity index (χ4n) is 2.77. The van der Waals surface area contributed by atoms with Crippen molar-refractivity contribution in [1.82, 2.24) is 9.97 Å². The van der Waals surface area contributed by atoms with Crippen molar-refractivity contribution in [1.29, 1.82) is 0 Å². The summed E-state index contributed by atoms with van der Waals surface area (Å²) in [7, 11) is -2.60. The van der Waals surface area contributed by atoms with Crippen molar-refractivity contribution in [2.45, 2.75) is 23.9 Å². The number of methoxy groups -OCH3 is 1. The van der Waals surface area contributed by atoms with E-state index in [1.165, 1.54) is 31.0 Å². The van der Waals surface area contributed by atoms with E-state index in [-0.39, 0.29) is 28.0 Å². The number of halogens is 1. The largest absolute Gasteiger partial charge is 0.495 e. The minimum Gasteiger partial charge on any atom is -0.495 e. The van der Waals surface area contributed by atoms with Crippen LogP contribution in [0.5, 0.6) is 5.75 Å². The van der Waals surface area contributed by atoms with E-state index in [1.807, 2.05) is 19.9 Å². The molecule has 0 aliphatic rings. The molecule has 8 nitrogen and oxygen atoms in total. The van der Waals surface area contributed by atoms with E-state index >= 15 is 0 Å². The van der Waals surface area contributed by atoms with E-state index < -0.39 is 15.8 Å². The van der Waals surface area contributed by atoms with Gasteiger partial charge in [0.15, 0.2) is 5.16 Å². The fourth-order valence-corrected chi connectivity index (χ4v) is 4.58. The first-order valence-electron chi connectivity index (χ1n) is 9.37. The van der Waals surface area contributed by atoms with Gasteiger partial charge in [0.25, 0.3) is 10.0 Å². The number of hydrogen-bond donors (Lipinski definition) is 2. The van der Waals surface area contributed by atoms with Gasteiger partial charge in [0, 0.05) is 17.1 Å². The molecule has 0 aliphatic heterocycles. The number of nitrogens with zero attached hydrogens (tertiary/aromatic N) is 2. The number of benzene rings is 2. The summed E-state index contributed by atoms with van der Waals surface area (Å²) in [5, 5.41) is 3.21. The highest BCUT2D eigenvalue weighted by molar-refractivity contribution is 7.99. The summed E-state index contributed by atoms with van der Waals surface area (Å²) >= 11 is 1.20. The van der Waals surface area contributed by atoms with Crippen LogP contribution < -0.4 is 14.8 Å². The molecule has 0 radical (unpaired) electrons. The molecule has 0 spiro atoms. The third kappa shape index (κ3) is 6.17. The molecule has 0 bridgehead atoms. The first kappa shape index (κ1) is 23.5. The molecule has 0 fully saturated rings. The van der Waals surface area contributed by atoms with Gasteiger partial charge < -0.3 is 10.1 Å². The smallest absolute Gasteiger partial charge is 0.262 e. The standard InChI is InChI=1S/C21H21FN4O4S2/c1-13-10-14(2)24-21(23-13)31-12-20(27)25-16-6-9-19(30-3)18(11-16)26-32(28,29)17-7-4-15(22)5-8-17/h4-11,26H,12H2,1-3H3,(H,25,27). The molecule has 0 atom stereocenters. The van der Waals surface area contributed by atoms with Crippen LogP contribution in [0, 0.1) is 19.7 Å². The van der Waals surface area contributed by atoms with Crippen LogP contribution in [0.4, 0.5) is 15.8 Å². The average Bonchev–Trinajstić information content (AvgIpc) is 2.72. The van der Waals surface area contributed by atoms with Gasteiger partial charge in [-0.2, -0.15) is 0 Å². The number of aromatic nitrogens is 2. The zero-order valence-corrected chi connectivity index (χ0v) is 19.2. The molecule has 0 saturated heterocycles. The summed E-state index contributed by atoms with van der Waals surface area (Å²) in [6.07, 6.45) is 0. The van der Waals surface area contributed by atoms with Crippen LogP contribution in [-0.2, 0) is 14.8 Å². The van der Waals surface area contributed by atoms with Gasteiger partial charge in [-0.1, -0.05) is 11.8 Å².